The van der Waals surface area contributed by atoms with Crippen molar-refractivity contribution in [1.29, 1.82) is 0 Å². The number of anilines is 1. The summed E-state index contributed by atoms with van der Waals surface area (Å²) in [4.78, 5) is 17.9. The van der Waals surface area contributed by atoms with Crippen molar-refractivity contribution in [2.75, 3.05) is 25.0 Å². The molecule has 1 saturated heterocycles. The zero-order valence-corrected chi connectivity index (χ0v) is 11.3. The van der Waals surface area contributed by atoms with Gasteiger partial charge in [-0.1, -0.05) is 0 Å². The van der Waals surface area contributed by atoms with Crippen molar-refractivity contribution in [3.63, 3.8) is 0 Å². The molecule has 2 rings (SSSR count). The molecular formula is C10H14BrN3OS. The number of carbonyl (C=O) groups excluding carboxylic acids is 1. The minimum absolute atomic E-state index is 0.172. The Labute approximate surface area is 107 Å². The van der Waals surface area contributed by atoms with Crippen LogP contribution in [0.15, 0.2) is 9.98 Å². The van der Waals surface area contributed by atoms with E-state index >= 15 is 0 Å². The fourth-order valence-corrected chi connectivity index (χ4v) is 2.88. The van der Waals surface area contributed by atoms with Crippen LogP contribution in [0.4, 0.5) is 5.13 Å². The van der Waals surface area contributed by atoms with Crippen LogP contribution < -0.4 is 5.32 Å². The van der Waals surface area contributed by atoms with Gasteiger partial charge in [-0.15, -0.1) is 11.3 Å². The van der Waals surface area contributed by atoms with Crippen LogP contribution in [-0.4, -0.2) is 35.4 Å². The molecule has 0 radical (unpaired) electrons. The molecule has 1 aromatic heterocycles. The normalized spacial score (nSPS) is 16.2. The Morgan fingerprint density at radius 2 is 2.25 bits per heavy atom. The Kier molecular flexibility index (Phi) is 4.17. The number of piperidine rings is 1. The number of nitrogens with zero attached hydrogens (tertiary/aromatic N) is 2. The van der Waals surface area contributed by atoms with Gasteiger partial charge in [-0.3, -0.25) is 4.79 Å². The van der Waals surface area contributed by atoms with E-state index in [1.165, 1.54) is 17.8 Å². The molecule has 0 spiro atoms. The maximum absolute atomic E-state index is 11.8. The lowest BCUT2D eigenvalue weighted by molar-refractivity contribution is -0.130. The maximum atomic E-state index is 11.8. The third-order valence-corrected chi connectivity index (χ3v) is 4.09. The van der Waals surface area contributed by atoms with Crippen molar-refractivity contribution >= 4 is 38.3 Å². The van der Waals surface area contributed by atoms with E-state index < -0.39 is 0 Å². The molecule has 0 aliphatic carbocycles. The molecule has 0 saturated carbocycles. The van der Waals surface area contributed by atoms with Gasteiger partial charge in [0.2, 0.25) is 5.91 Å². The molecule has 1 aliphatic rings. The number of nitrogens with one attached hydrogen (secondary N) is 1. The highest BCUT2D eigenvalue weighted by Gasteiger charge is 2.16. The first-order valence-electron chi connectivity index (χ1n) is 5.38. The molecule has 0 bridgehead atoms. The number of carbonyl (C=O) groups is 1. The van der Waals surface area contributed by atoms with E-state index in [1.54, 1.807) is 0 Å². The van der Waals surface area contributed by atoms with Crippen molar-refractivity contribution in [2.45, 2.75) is 19.3 Å². The van der Waals surface area contributed by atoms with Crippen LogP contribution >= 0.6 is 27.3 Å². The Morgan fingerprint density at radius 3 is 2.88 bits per heavy atom. The number of rotatable bonds is 3. The second-order valence-electron chi connectivity index (χ2n) is 3.77. The summed E-state index contributed by atoms with van der Waals surface area (Å²) in [6.45, 7) is 2.16. The Hall–Kier alpha value is -0.620. The largest absolute Gasteiger partial charge is 0.352 e. The highest BCUT2D eigenvalue weighted by molar-refractivity contribution is 9.10. The quantitative estimate of drug-likeness (QED) is 0.932. The van der Waals surface area contributed by atoms with Crippen LogP contribution in [0.3, 0.4) is 0 Å². The molecule has 16 heavy (non-hydrogen) atoms. The zero-order valence-electron chi connectivity index (χ0n) is 8.91. The summed E-state index contributed by atoms with van der Waals surface area (Å²) in [6, 6.07) is 0. The van der Waals surface area contributed by atoms with E-state index in [0.717, 1.165) is 35.7 Å². The number of likely N-dealkylation sites (tertiary alicyclic amines) is 1. The number of amides is 1. The van der Waals surface area contributed by atoms with E-state index in [-0.39, 0.29) is 5.91 Å². The number of hydrogen-bond donors (Lipinski definition) is 1. The predicted molar refractivity (Wildman–Crippen MR) is 68.7 cm³/mol. The Bertz CT molecular complexity index is 363. The van der Waals surface area contributed by atoms with E-state index in [9.17, 15) is 4.79 Å². The second kappa shape index (κ2) is 5.63. The van der Waals surface area contributed by atoms with Gasteiger partial charge in [0.05, 0.1) is 6.54 Å². The van der Waals surface area contributed by atoms with Gasteiger partial charge in [-0.25, -0.2) is 4.98 Å². The molecule has 6 heteroatoms. The van der Waals surface area contributed by atoms with Crippen molar-refractivity contribution < 1.29 is 4.79 Å². The molecule has 0 unspecified atom stereocenters. The fourth-order valence-electron chi connectivity index (χ4n) is 1.74. The second-order valence-corrected chi connectivity index (χ2v) is 5.44. The SMILES string of the molecule is O=C(CNc1nc(Br)cs1)N1CCCCC1. The summed E-state index contributed by atoms with van der Waals surface area (Å²) in [5.41, 5.74) is 0. The molecule has 0 atom stereocenters. The van der Waals surface area contributed by atoms with Crippen LogP contribution in [0.25, 0.3) is 0 Å². The standard InChI is InChI=1S/C10H14BrN3OS/c11-8-7-16-10(13-8)12-6-9(15)14-4-2-1-3-5-14/h7H,1-6H2,(H,12,13). The lowest BCUT2D eigenvalue weighted by Gasteiger charge is -2.26. The summed E-state index contributed by atoms with van der Waals surface area (Å²) in [7, 11) is 0. The van der Waals surface area contributed by atoms with E-state index in [0.29, 0.717) is 6.54 Å². The first-order chi connectivity index (χ1) is 7.75. The highest BCUT2D eigenvalue weighted by atomic mass is 79.9. The van der Waals surface area contributed by atoms with E-state index in [2.05, 4.69) is 26.2 Å². The molecule has 88 valence electrons. The average molecular weight is 304 g/mol. The van der Waals surface area contributed by atoms with Crippen LogP contribution in [0.2, 0.25) is 0 Å². The number of halogens is 1. The third kappa shape index (κ3) is 3.18. The Morgan fingerprint density at radius 1 is 1.50 bits per heavy atom. The number of hydrogen-bond acceptors (Lipinski definition) is 4. The van der Waals surface area contributed by atoms with E-state index in [4.69, 9.17) is 0 Å². The van der Waals surface area contributed by atoms with Gasteiger partial charge in [0.25, 0.3) is 0 Å². The molecule has 1 amide bonds. The maximum Gasteiger partial charge on any atom is 0.241 e. The monoisotopic (exact) mass is 303 g/mol. The molecule has 2 heterocycles. The predicted octanol–water partition coefficient (Wildman–Crippen LogP) is 2.33. The molecule has 4 nitrogen and oxygen atoms in total. The molecule has 1 N–H and O–H groups in total. The first kappa shape index (κ1) is 11.9. The van der Waals surface area contributed by atoms with Crippen LogP contribution in [0, 0.1) is 0 Å². The van der Waals surface area contributed by atoms with Gasteiger partial charge < -0.3 is 10.2 Å². The zero-order chi connectivity index (χ0) is 11.4. The van der Waals surface area contributed by atoms with Gasteiger partial charge in [-0.2, -0.15) is 0 Å². The highest BCUT2D eigenvalue weighted by Crippen LogP contribution is 2.19. The van der Waals surface area contributed by atoms with Crippen molar-refractivity contribution in [3.8, 4) is 0 Å². The lowest BCUT2D eigenvalue weighted by Crippen LogP contribution is -2.39. The molecule has 1 aliphatic heterocycles. The minimum atomic E-state index is 0.172. The number of thiazole rings is 1. The molecule has 1 fully saturated rings. The van der Waals surface area contributed by atoms with Gasteiger partial charge in [-0.05, 0) is 35.2 Å². The summed E-state index contributed by atoms with van der Waals surface area (Å²) in [5, 5.41) is 5.73. The molecule has 1 aromatic rings. The summed E-state index contributed by atoms with van der Waals surface area (Å²) in [6.07, 6.45) is 3.51. The minimum Gasteiger partial charge on any atom is -0.352 e. The lowest BCUT2D eigenvalue weighted by atomic mass is 10.1. The summed E-state index contributed by atoms with van der Waals surface area (Å²) in [5.74, 6) is 0.172. The van der Waals surface area contributed by atoms with Crippen molar-refractivity contribution in [3.05, 3.63) is 9.98 Å². The van der Waals surface area contributed by atoms with Crippen LogP contribution in [0.5, 0.6) is 0 Å². The smallest absolute Gasteiger partial charge is 0.241 e. The first-order valence-corrected chi connectivity index (χ1v) is 7.05. The average Bonchev–Trinajstić information content (AvgIpc) is 2.73. The molecule has 0 aromatic carbocycles. The van der Waals surface area contributed by atoms with Crippen molar-refractivity contribution in [1.82, 2.24) is 9.88 Å². The van der Waals surface area contributed by atoms with Crippen molar-refractivity contribution in [2.24, 2.45) is 0 Å². The topological polar surface area (TPSA) is 45.2 Å². The van der Waals surface area contributed by atoms with Gasteiger partial charge in [0.15, 0.2) is 5.13 Å². The number of aromatic nitrogens is 1. The fraction of sp³-hybridized carbons (Fsp3) is 0.600. The van der Waals surface area contributed by atoms with Gasteiger partial charge >= 0.3 is 0 Å². The van der Waals surface area contributed by atoms with Crippen LogP contribution in [0.1, 0.15) is 19.3 Å². The van der Waals surface area contributed by atoms with Gasteiger partial charge in [0.1, 0.15) is 4.60 Å². The van der Waals surface area contributed by atoms with Crippen LogP contribution in [-0.2, 0) is 4.79 Å². The van der Waals surface area contributed by atoms with Gasteiger partial charge in [0, 0.05) is 18.5 Å². The third-order valence-electron chi connectivity index (χ3n) is 2.58. The van der Waals surface area contributed by atoms with E-state index in [1.807, 2.05) is 10.3 Å². The Balaban J connectivity index is 1.78. The summed E-state index contributed by atoms with van der Waals surface area (Å²) < 4.78 is 0.811. The molecular weight excluding hydrogens is 290 g/mol. The summed E-state index contributed by atoms with van der Waals surface area (Å²) >= 11 is 4.78.